The van der Waals surface area contributed by atoms with Crippen LogP contribution >= 0.6 is 0 Å². The van der Waals surface area contributed by atoms with Gasteiger partial charge in [-0.3, -0.25) is 9.20 Å². The first-order chi connectivity index (χ1) is 14.6. The fourth-order valence-corrected chi connectivity index (χ4v) is 4.81. The molecule has 9 heteroatoms. The molecular weight excluding hydrogens is 384 g/mol. The Morgan fingerprint density at radius 2 is 2.00 bits per heavy atom. The van der Waals surface area contributed by atoms with Gasteiger partial charge in [-0.1, -0.05) is 0 Å². The lowest BCUT2D eigenvalue weighted by molar-refractivity contribution is 0.0786. The minimum absolute atomic E-state index is 0.0368. The third-order valence-corrected chi connectivity index (χ3v) is 6.65. The summed E-state index contributed by atoms with van der Waals surface area (Å²) in [4.78, 5) is 33.6. The number of carbonyl (C=O) groups excluding carboxylic acids is 1. The highest BCUT2D eigenvalue weighted by molar-refractivity contribution is 5.95. The van der Waals surface area contributed by atoms with Crippen molar-refractivity contribution < 1.29 is 9.53 Å². The van der Waals surface area contributed by atoms with E-state index in [9.17, 15) is 9.59 Å². The van der Waals surface area contributed by atoms with E-state index in [2.05, 4.69) is 10.1 Å². The van der Waals surface area contributed by atoms with Crippen LogP contribution in [0.1, 0.15) is 23.2 Å². The minimum Gasteiger partial charge on any atom is -0.488 e. The van der Waals surface area contributed by atoms with E-state index >= 15 is 0 Å². The standard InChI is InChI=1S/C21H22N6O3/c1-24-21(29)27-5-4-16(9-18(27)23-24)26-6-7-30-17-8-15(10-22-19(17)26)20(28)25-11-13-2-3-14(13)12-25/h4-5,8-10,13-14H,2-3,6-7,11-12H2,1H3. The summed E-state index contributed by atoms with van der Waals surface area (Å²) in [6, 6.07) is 5.53. The highest BCUT2D eigenvalue weighted by Gasteiger charge is 2.41. The average Bonchev–Trinajstić information content (AvgIpc) is 3.21. The molecule has 1 aliphatic carbocycles. The molecule has 1 amide bonds. The zero-order chi connectivity index (χ0) is 20.4. The number of anilines is 2. The lowest BCUT2D eigenvalue weighted by Gasteiger charge is -2.30. The number of aromatic nitrogens is 4. The Balaban J connectivity index is 1.32. The Hall–Kier alpha value is -3.36. The molecule has 2 unspecified atom stereocenters. The molecule has 2 aliphatic heterocycles. The van der Waals surface area contributed by atoms with Gasteiger partial charge < -0.3 is 14.5 Å². The number of nitrogens with zero attached hydrogens (tertiary/aromatic N) is 6. The van der Waals surface area contributed by atoms with Crippen molar-refractivity contribution in [2.24, 2.45) is 18.9 Å². The van der Waals surface area contributed by atoms with Gasteiger partial charge in [-0.25, -0.2) is 14.5 Å². The van der Waals surface area contributed by atoms with E-state index in [1.807, 2.05) is 21.9 Å². The number of pyridine rings is 2. The summed E-state index contributed by atoms with van der Waals surface area (Å²) in [6.07, 6.45) is 5.84. The lowest BCUT2D eigenvalue weighted by atomic mass is 9.77. The maximum absolute atomic E-state index is 13.0. The summed E-state index contributed by atoms with van der Waals surface area (Å²) >= 11 is 0. The van der Waals surface area contributed by atoms with Gasteiger partial charge in [0.05, 0.1) is 12.1 Å². The van der Waals surface area contributed by atoms with Gasteiger partial charge in [-0.15, -0.1) is 0 Å². The molecule has 5 heterocycles. The van der Waals surface area contributed by atoms with Crippen LogP contribution in [0.15, 0.2) is 35.4 Å². The first-order valence-corrected chi connectivity index (χ1v) is 10.3. The van der Waals surface area contributed by atoms with Crippen molar-refractivity contribution in [3.8, 4) is 5.75 Å². The van der Waals surface area contributed by atoms with Crippen LogP contribution in [0.2, 0.25) is 0 Å². The fraction of sp³-hybridized carbons (Fsp3) is 0.429. The molecule has 6 rings (SSSR count). The normalized spacial score (nSPS) is 22.4. The van der Waals surface area contributed by atoms with E-state index in [1.54, 1.807) is 25.5 Å². The van der Waals surface area contributed by atoms with Crippen LogP contribution in [0.3, 0.4) is 0 Å². The predicted octanol–water partition coefficient (Wildman–Crippen LogP) is 1.44. The Kier molecular flexibility index (Phi) is 3.68. The smallest absolute Gasteiger partial charge is 0.350 e. The average molecular weight is 406 g/mol. The number of carbonyl (C=O) groups is 1. The van der Waals surface area contributed by atoms with Crippen LogP contribution in [0, 0.1) is 11.8 Å². The maximum atomic E-state index is 13.0. The number of aryl methyl sites for hydroxylation is 1. The van der Waals surface area contributed by atoms with Crippen LogP contribution in [0.4, 0.5) is 11.5 Å². The van der Waals surface area contributed by atoms with Crippen LogP contribution in [0.25, 0.3) is 5.65 Å². The lowest BCUT2D eigenvalue weighted by Crippen LogP contribution is -2.31. The second-order valence-electron chi connectivity index (χ2n) is 8.37. The largest absolute Gasteiger partial charge is 0.488 e. The number of rotatable bonds is 2. The minimum atomic E-state index is -0.185. The van der Waals surface area contributed by atoms with Gasteiger partial charge in [0.15, 0.2) is 17.2 Å². The van der Waals surface area contributed by atoms with E-state index in [0.717, 1.165) is 18.8 Å². The van der Waals surface area contributed by atoms with Crippen molar-refractivity contribution >= 4 is 23.1 Å². The molecular formula is C21H22N6O3. The summed E-state index contributed by atoms with van der Waals surface area (Å²) in [6.45, 7) is 2.82. The van der Waals surface area contributed by atoms with E-state index in [4.69, 9.17) is 4.74 Å². The molecule has 1 saturated heterocycles. The molecule has 0 aromatic carbocycles. The van der Waals surface area contributed by atoms with Gasteiger partial charge in [0.2, 0.25) is 0 Å². The van der Waals surface area contributed by atoms with Gasteiger partial charge in [0.1, 0.15) is 6.61 Å². The molecule has 3 aromatic rings. The zero-order valence-corrected chi connectivity index (χ0v) is 16.7. The topological polar surface area (TPSA) is 85.0 Å². The molecule has 3 aromatic heterocycles. The maximum Gasteiger partial charge on any atom is 0.350 e. The monoisotopic (exact) mass is 406 g/mol. The first kappa shape index (κ1) is 17.5. The molecule has 2 atom stereocenters. The summed E-state index contributed by atoms with van der Waals surface area (Å²) in [5.41, 5.74) is 1.84. The van der Waals surface area contributed by atoms with E-state index in [0.29, 0.717) is 47.8 Å². The van der Waals surface area contributed by atoms with Gasteiger partial charge in [0.25, 0.3) is 5.91 Å². The molecule has 1 saturated carbocycles. The molecule has 0 spiro atoms. The molecule has 2 fully saturated rings. The van der Waals surface area contributed by atoms with Crippen LogP contribution < -0.4 is 15.3 Å². The van der Waals surface area contributed by atoms with Gasteiger partial charge in [-0.2, -0.15) is 5.10 Å². The summed E-state index contributed by atoms with van der Waals surface area (Å²) < 4.78 is 8.66. The van der Waals surface area contributed by atoms with Crippen LogP contribution in [-0.2, 0) is 7.05 Å². The quantitative estimate of drug-likeness (QED) is 0.640. The fourth-order valence-electron chi connectivity index (χ4n) is 4.81. The molecule has 0 bridgehead atoms. The van der Waals surface area contributed by atoms with Crippen LogP contribution in [-0.4, -0.2) is 56.2 Å². The second-order valence-corrected chi connectivity index (χ2v) is 8.37. The molecule has 3 aliphatic rings. The van der Waals surface area contributed by atoms with Gasteiger partial charge in [0, 0.05) is 44.3 Å². The SMILES string of the molecule is Cn1nc2cc(N3CCOc4cc(C(=O)N5CC6CCC6C5)cnc43)ccn2c1=O. The number of likely N-dealkylation sites (tertiary alicyclic amines) is 1. The first-order valence-electron chi connectivity index (χ1n) is 10.3. The van der Waals surface area contributed by atoms with Gasteiger partial charge >= 0.3 is 5.69 Å². The second kappa shape index (κ2) is 6.32. The van der Waals surface area contributed by atoms with E-state index in [-0.39, 0.29) is 11.6 Å². The Bertz CT molecular complexity index is 1220. The number of ether oxygens (including phenoxy) is 1. The predicted molar refractivity (Wildman–Crippen MR) is 109 cm³/mol. The Labute approximate surface area is 172 Å². The van der Waals surface area contributed by atoms with Crippen LogP contribution in [0.5, 0.6) is 5.75 Å². The third kappa shape index (κ3) is 2.54. The molecule has 0 radical (unpaired) electrons. The number of hydrogen-bond donors (Lipinski definition) is 0. The van der Waals surface area contributed by atoms with E-state index < -0.39 is 0 Å². The van der Waals surface area contributed by atoms with Crippen molar-refractivity contribution in [3.05, 3.63) is 46.6 Å². The van der Waals surface area contributed by atoms with Crippen molar-refractivity contribution in [1.29, 1.82) is 0 Å². The molecule has 9 nitrogen and oxygen atoms in total. The van der Waals surface area contributed by atoms with Crippen molar-refractivity contribution in [3.63, 3.8) is 0 Å². The zero-order valence-electron chi connectivity index (χ0n) is 16.7. The summed E-state index contributed by atoms with van der Waals surface area (Å²) in [5, 5.41) is 4.26. The molecule has 0 N–H and O–H groups in total. The van der Waals surface area contributed by atoms with Gasteiger partial charge in [-0.05, 0) is 36.8 Å². The number of hydrogen-bond acceptors (Lipinski definition) is 6. The highest BCUT2D eigenvalue weighted by Crippen LogP contribution is 2.41. The number of amides is 1. The van der Waals surface area contributed by atoms with Crippen molar-refractivity contribution in [2.45, 2.75) is 12.8 Å². The third-order valence-electron chi connectivity index (χ3n) is 6.65. The Morgan fingerprint density at radius 3 is 2.77 bits per heavy atom. The highest BCUT2D eigenvalue weighted by atomic mass is 16.5. The Morgan fingerprint density at radius 1 is 1.20 bits per heavy atom. The van der Waals surface area contributed by atoms with Crippen molar-refractivity contribution in [1.82, 2.24) is 24.1 Å². The molecule has 30 heavy (non-hydrogen) atoms. The summed E-state index contributed by atoms with van der Waals surface area (Å²) in [5.74, 6) is 2.67. The summed E-state index contributed by atoms with van der Waals surface area (Å²) in [7, 11) is 1.63. The number of fused-ring (bicyclic) bond motifs is 3. The van der Waals surface area contributed by atoms with Crippen molar-refractivity contribution in [2.75, 3.05) is 31.1 Å². The van der Waals surface area contributed by atoms with E-state index in [1.165, 1.54) is 21.9 Å². The molecule has 154 valence electrons.